The Balaban J connectivity index is 2.58. The maximum absolute atomic E-state index is 10.9. The number of cyclic esters (lactones) is 1. The zero-order valence-electron chi connectivity index (χ0n) is 6.89. The van der Waals surface area contributed by atoms with Crippen molar-refractivity contribution in [2.45, 2.75) is 32.8 Å². The van der Waals surface area contributed by atoms with Crippen LogP contribution in [0.25, 0.3) is 0 Å². The van der Waals surface area contributed by atoms with Gasteiger partial charge in [0.25, 0.3) is 0 Å². The molecule has 1 rings (SSSR count). The first-order valence-corrected chi connectivity index (χ1v) is 4.94. The van der Waals surface area contributed by atoms with Crippen LogP contribution in [0.1, 0.15) is 26.7 Å². The Hall–Kier alpha value is -0.0500. The lowest BCUT2D eigenvalue weighted by Gasteiger charge is -2.22. The van der Waals surface area contributed by atoms with Crippen molar-refractivity contribution < 1.29 is 9.53 Å². The van der Waals surface area contributed by atoms with Crippen molar-refractivity contribution in [1.82, 2.24) is 0 Å². The minimum Gasteiger partial charge on any atom is -0.462 e. The van der Waals surface area contributed by atoms with E-state index in [1.54, 1.807) is 0 Å². The Morgan fingerprint density at radius 3 is 2.73 bits per heavy atom. The number of carbonyl (C=O) groups excluding carboxylic acids is 1. The number of ether oxygens (including phenoxy) is 1. The molecule has 1 atom stereocenters. The van der Waals surface area contributed by atoms with E-state index in [9.17, 15) is 4.79 Å². The summed E-state index contributed by atoms with van der Waals surface area (Å²) in [5, 5.41) is 0.897. The van der Waals surface area contributed by atoms with Crippen molar-refractivity contribution in [3.05, 3.63) is 0 Å². The highest BCUT2D eigenvalue weighted by atomic mass is 79.9. The maximum Gasteiger partial charge on any atom is 0.306 e. The Kier molecular flexibility index (Phi) is 2.58. The van der Waals surface area contributed by atoms with Gasteiger partial charge in [-0.25, -0.2) is 0 Å². The number of rotatable bonds is 2. The summed E-state index contributed by atoms with van der Waals surface area (Å²) >= 11 is 3.34. The second-order valence-electron chi connectivity index (χ2n) is 3.62. The summed E-state index contributed by atoms with van der Waals surface area (Å²) in [7, 11) is 0. The van der Waals surface area contributed by atoms with Crippen molar-refractivity contribution in [3.8, 4) is 0 Å². The van der Waals surface area contributed by atoms with Gasteiger partial charge in [-0.3, -0.25) is 4.79 Å². The molecule has 0 N–H and O–H groups in total. The van der Waals surface area contributed by atoms with E-state index in [1.807, 2.05) is 0 Å². The summed E-state index contributed by atoms with van der Waals surface area (Å²) in [6.45, 7) is 4.15. The minimum atomic E-state index is -0.0547. The smallest absolute Gasteiger partial charge is 0.306 e. The van der Waals surface area contributed by atoms with Crippen molar-refractivity contribution >= 4 is 21.9 Å². The zero-order valence-corrected chi connectivity index (χ0v) is 8.48. The quantitative estimate of drug-likeness (QED) is 0.527. The monoisotopic (exact) mass is 220 g/mol. The number of halogens is 1. The third kappa shape index (κ3) is 1.95. The van der Waals surface area contributed by atoms with Gasteiger partial charge in [-0.1, -0.05) is 29.8 Å². The number of hydrogen-bond donors (Lipinski definition) is 0. The fourth-order valence-corrected chi connectivity index (χ4v) is 1.81. The van der Waals surface area contributed by atoms with Gasteiger partial charge in [-0.05, 0) is 6.42 Å². The average Bonchev–Trinajstić information content (AvgIpc) is 2.07. The van der Waals surface area contributed by atoms with Crippen LogP contribution in [0.15, 0.2) is 0 Å². The van der Waals surface area contributed by atoms with Crippen molar-refractivity contribution in [2.24, 2.45) is 5.41 Å². The SMILES string of the molecule is CC1(C)CC(=O)OC1CCBr. The van der Waals surface area contributed by atoms with Crippen LogP contribution in [-0.2, 0) is 9.53 Å². The summed E-state index contributed by atoms with van der Waals surface area (Å²) in [5.41, 5.74) is 0.0326. The van der Waals surface area contributed by atoms with Gasteiger partial charge in [0, 0.05) is 10.7 Å². The van der Waals surface area contributed by atoms with Crippen molar-refractivity contribution in [3.63, 3.8) is 0 Å². The molecule has 0 aromatic rings. The number of alkyl halides is 1. The molecule has 64 valence electrons. The van der Waals surface area contributed by atoms with Crippen molar-refractivity contribution in [2.75, 3.05) is 5.33 Å². The molecule has 0 saturated carbocycles. The van der Waals surface area contributed by atoms with Gasteiger partial charge in [-0.2, -0.15) is 0 Å². The minimum absolute atomic E-state index is 0.0326. The standard InChI is InChI=1S/C8H13BrO2/c1-8(2)5-7(10)11-6(8)3-4-9/h6H,3-5H2,1-2H3. The fourth-order valence-electron chi connectivity index (χ4n) is 1.39. The summed E-state index contributed by atoms with van der Waals surface area (Å²) in [4.78, 5) is 10.9. The molecule has 0 aliphatic carbocycles. The first-order valence-electron chi connectivity index (χ1n) is 3.82. The first kappa shape index (κ1) is 9.04. The van der Waals surface area contributed by atoms with E-state index in [0.29, 0.717) is 6.42 Å². The molecule has 1 aliphatic heterocycles. The molecule has 3 heteroatoms. The molecule has 1 fully saturated rings. The van der Waals surface area contributed by atoms with Gasteiger partial charge in [0.15, 0.2) is 0 Å². The lowest BCUT2D eigenvalue weighted by molar-refractivity contribution is -0.141. The van der Waals surface area contributed by atoms with Gasteiger partial charge in [0.2, 0.25) is 0 Å². The highest BCUT2D eigenvalue weighted by Gasteiger charge is 2.40. The largest absolute Gasteiger partial charge is 0.462 e. The third-order valence-corrected chi connectivity index (χ3v) is 2.57. The summed E-state index contributed by atoms with van der Waals surface area (Å²) in [5.74, 6) is -0.0547. The molecule has 0 aromatic carbocycles. The van der Waals surface area contributed by atoms with E-state index in [-0.39, 0.29) is 17.5 Å². The summed E-state index contributed by atoms with van der Waals surface area (Å²) < 4.78 is 5.15. The van der Waals surface area contributed by atoms with E-state index in [2.05, 4.69) is 29.8 Å². The van der Waals surface area contributed by atoms with Crippen LogP contribution in [-0.4, -0.2) is 17.4 Å². The second kappa shape index (κ2) is 3.13. The lowest BCUT2D eigenvalue weighted by Crippen LogP contribution is -2.24. The molecular weight excluding hydrogens is 208 g/mol. The molecule has 0 amide bonds. The molecule has 0 spiro atoms. The zero-order chi connectivity index (χ0) is 8.48. The molecule has 11 heavy (non-hydrogen) atoms. The molecule has 0 radical (unpaired) electrons. The molecule has 2 nitrogen and oxygen atoms in total. The molecule has 1 saturated heterocycles. The predicted octanol–water partition coefficient (Wildman–Crippen LogP) is 2.11. The average molecular weight is 221 g/mol. The summed E-state index contributed by atoms with van der Waals surface area (Å²) in [6.07, 6.45) is 1.58. The van der Waals surface area contributed by atoms with Gasteiger partial charge >= 0.3 is 5.97 Å². The van der Waals surface area contributed by atoms with Crippen LogP contribution >= 0.6 is 15.9 Å². The van der Waals surface area contributed by atoms with Crippen LogP contribution in [0.5, 0.6) is 0 Å². The van der Waals surface area contributed by atoms with Crippen LogP contribution < -0.4 is 0 Å². The topological polar surface area (TPSA) is 26.3 Å². The summed E-state index contributed by atoms with van der Waals surface area (Å²) in [6, 6.07) is 0. The molecule has 0 bridgehead atoms. The molecule has 0 aromatic heterocycles. The van der Waals surface area contributed by atoms with Gasteiger partial charge in [-0.15, -0.1) is 0 Å². The first-order chi connectivity index (χ1) is 5.06. The van der Waals surface area contributed by atoms with E-state index in [0.717, 1.165) is 11.8 Å². The van der Waals surface area contributed by atoms with Crippen LogP contribution in [0.3, 0.4) is 0 Å². The number of carbonyl (C=O) groups is 1. The normalized spacial score (nSPS) is 28.6. The highest BCUT2D eigenvalue weighted by Crippen LogP contribution is 2.36. The van der Waals surface area contributed by atoms with E-state index >= 15 is 0 Å². The van der Waals surface area contributed by atoms with Gasteiger partial charge in [0.1, 0.15) is 6.10 Å². The Morgan fingerprint density at radius 1 is 1.73 bits per heavy atom. The van der Waals surface area contributed by atoms with E-state index in [4.69, 9.17) is 4.74 Å². The van der Waals surface area contributed by atoms with E-state index < -0.39 is 0 Å². The number of hydrogen-bond acceptors (Lipinski definition) is 2. The van der Waals surface area contributed by atoms with Crippen LogP contribution in [0.4, 0.5) is 0 Å². The molecular formula is C8H13BrO2. The molecule has 1 aliphatic rings. The third-order valence-electron chi connectivity index (χ3n) is 2.12. The lowest BCUT2D eigenvalue weighted by atomic mass is 9.84. The van der Waals surface area contributed by atoms with Crippen LogP contribution in [0.2, 0.25) is 0 Å². The van der Waals surface area contributed by atoms with Crippen molar-refractivity contribution in [1.29, 1.82) is 0 Å². The molecule has 1 unspecified atom stereocenters. The molecule has 1 heterocycles. The Labute approximate surface area is 75.4 Å². The van der Waals surface area contributed by atoms with Crippen LogP contribution in [0, 0.1) is 5.41 Å². The fraction of sp³-hybridized carbons (Fsp3) is 0.875. The van der Waals surface area contributed by atoms with E-state index in [1.165, 1.54) is 0 Å². The Bertz CT molecular complexity index is 165. The van der Waals surface area contributed by atoms with Gasteiger partial charge in [0.05, 0.1) is 6.42 Å². The van der Waals surface area contributed by atoms with Gasteiger partial charge < -0.3 is 4.74 Å². The second-order valence-corrected chi connectivity index (χ2v) is 4.41. The Morgan fingerprint density at radius 2 is 2.36 bits per heavy atom. The highest BCUT2D eigenvalue weighted by molar-refractivity contribution is 9.09. The maximum atomic E-state index is 10.9. The number of esters is 1. The predicted molar refractivity (Wildman–Crippen MR) is 46.7 cm³/mol.